The molecule has 2 aliphatic heterocycles. The van der Waals surface area contributed by atoms with Crippen LogP contribution in [-0.2, 0) is 17.1 Å². The molecule has 0 aliphatic carbocycles. The van der Waals surface area contributed by atoms with E-state index in [0.29, 0.717) is 35.1 Å². The minimum Gasteiger partial charge on any atom is -0.326 e. The van der Waals surface area contributed by atoms with E-state index in [1.54, 1.807) is 30.8 Å². The second kappa shape index (κ2) is 9.12. The van der Waals surface area contributed by atoms with Gasteiger partial charge >= 0.3 is 0 Å². The molecule has 1 N–H and O–H groups in total. The van der Waals surface area contributed by atoms with Crippen molar-refractivity contribution >= 4 is 44.4 Å². The Bertz CT molecular complexity index is 1430. The summed E-state index contributed by atoms with van der Waals surface area (Å²) in [6.07, 6.45) is 3.98. The zero-order valence-corrected chi connectivity index (χ0v) is 21.7. The van der Waals surface area contributed by atoms with Gasteiger partial charge in [-0.25, -0.2) is 22.5 Å². The molecule has 8 nitrogen and oxygen atoms in total. The van der Waals surface area contributed by atoms with Crippen molar-refractivity contribution < 1.29 is 12.8 Å². The first-order valence-electron chi connectivity index (χ1n) is 11.1. The number of rotatable bonds is 6. The molecule has 0 radical (unpaired) electrons. The maximum atomic E-state index is 13.9. The molecule has 2 aromatic heterocycles. The Morgan fingerprint density at radius 3 is 2.71 bits per heavy atom. The van der Waals surface area contributed by atoms with Crippen molar-refractivity contribution in [2.24, 2.45) is 12.0 Å². The quantitative estimate of drug-likeness (QED) is 0.516. The Balaban J connectivity index is 1.69. The molecule has 1 unspecified atom stereocenters. The molecular formula is C23H24ClFN6O2S2. The first-order chi connectivity index (χ1) is 16.6. The molecule has 35 heavy (non-hydrogen) atoms. The van der Waals surface area contributed by atoms with E-state index in [4.69, 9.17) is 16.6 Å². The van der Waals surface area contributed by atoms with Crippen LogP contribution in [0.15, 0.2) is 52.7 Å². The van der Waals surface area contributed by atoms with Gasteiger partial charge in [-0.2, -0.15) is 5.10 Å². The van der Waals surface area contributed by atoms with Crippen LogP contribution in [0.25, 0.3) is 5.57 Å². The van der Waals surface area contributed by atoms with E-state index in [1.165, 1.54) is 23.5 Å². The van der Waals surface area contributed by atoms with Gasteiger partial charge in [-0.3, -0.25) is 9.67 Å². The number of sulfonamides is 1. The predicted molar refractivity (Wildman–Crippen MR) is 135 cm³/mol. The number of hydrogen-bond acceptors (Lipinski definition) is 7. The van der Waals surface area contributed by atoms with Crippen molar-refractivity contribution in [1.29, 1.82) is 0 Å². The van der Waals surface area contributed by atoms with Gasteiger partial charge in [-0.05, 0) is 32.0 Å². The van der Waals surface area contributed by atoms with Gasteiger partial charge in [-0.15, -0.1) is 11.3 Å². The predicted octanol–water partition coefficient (Wildman–Crippen LogP) is 3.98. The Labute approximate surface area is 212 Å². The van der Waals surface area contributed by atoms with Gasteiger partial charge in [0.05, 0.1) is 10.9 Å². The van der Waals surface area contributed by atoms with Crippen molar-refractivity contribution in [3.05, 3.63) is 74.8 Å². The van der Waals surface area contributed by atoms with Gasteiger partial charge in [0.25, 0.3) is 0 Å². The number of thiazole rings is 1. The molecule has 1 fully saturated rings. The molecule has 2 aliphatic rings. The lowest BCUT2D eigenvalue weighted by molar-refractivity contribution is 0.514. The number of aryl methyl sites for hydroxylation is 1. The molecule has 5 rings (SSSR count). The summed E-state index contributed by atoms with van der Waals surface area (Å²) in [5, 5.41) is 6.91. The van der Waals surface area contributed by atoms with Crippen LogP contribution in [0.5, 0.6) is 0 Å². The van der Waals surface area contributed by atoms with Gasteiger partial charge in [0.1, 0.15) is 11.9 Å². The fraction of sp³-hybridized carbons (Fsp3) is 0.348. The van der Waals surface area contributed by atoms with E-state index < -0.39 is 27.1 Å². The van der Waals surface area contributed by atoms with Crippen molar-refractivity contribution in [2.75, 3.05) is 6.54 Å². The van der Waals surface area contributed by atoms with Crippen LogP contribution in [0, 0.1) is 5.82 Å². The second-order valence-electron chi connectivity index (χ2n) is 8.82. The van der Waals surface area contributed by atoms with E-state index >= 15 is 0 Å². The van der Waals surface area contributed by atoms with Crippen molar-refractivity contribution in [1.82, 2.24) is 24.4 Å². The Morgan fingerprint density at radius 2 is 2.09 bits per heavy atom. The van der Waals surface area contributed by atoms with Crippen LogP contribution in [0.1, 0.15) is 42.6 Å². The highest BCUT2D eigenvalue weighted by atomic mass is 35.5. The van der Waals surface area contributed by atoms with Crippen LogP contribution in [0.4, 0.5) is 4.39 Å². The van der Waals surface area contributed by atoms with E-state index in [1.807, 2.05) is 29.6 Å². The summed E-state index contributed by atoms with van der Waals surface area (Å²) in [6, 6.07) is 5.24. The molecular weight excluding hydrogens is 511 g/mol. The maximum absolute atomic E-state index is 13.9. The van der Waals surface area contributed by atoms with Crippen molar-refractivity contribution in [3.63, 3.8) is 0 Å². The Kier molecular flexibility index (Phi) is 6.28. The lowest BCUT2D eigenvalue weighted by atomic mass is 9.92. The van der Waals surface area contributed by atoms with Gasteiger partial charge in [-0.1, -0.05) is 17.7 Å². The average molecular weight is 535 g/mol. The molecule has 0 amide bonds. The van der Waals surface area contributed by atoms with Crippen LogP contribution >= 0.6 is 22.9 Å². The summed E-state index contributed by atoms with van der Waals surface area (Å²) in [6.45, 7) is 3.70. The van der Waals surface area contributed by atoms with Gasteiger partial charge in [0, 0.05) is 65.7 Å². The number of halogens is 2. The minimum absolute atomic E-state index is 0.259. The monoisotopic (exact) mass is 534 g/mol. The van der Waals surface area contributed by atoms with Gasteiger partial charge in [0.2, 0.25) is 10.0 Å². The normalized spacial score (nSPS) is 20.5. The van der Waals surface area contributed by atoms with E-state index in [0.717, 1.165) is 11.3 Å². The van der Waals surface area contributed by atoms with Crippen LogP contribution in [0.3, 0.4) is 0 Å². The fourth-order valence-corrected chi connectivity index (χ4v) is 6.18. The van der Waals surface area contributed by atoms with E-state index in [2.05, 4.69) is 14.8 Å². The Morgan fingerprint density at radius 1 is 1.29 bits per heavy atom. The van der Waals surface area contributed by atoms with Crippen molar-refractivity contribution in [2.45, 2.75) is 37.6 Å². The number of fused-ring (bicyclic) bond motifs is 1. The molecule has 0 spiro atoms. The summed E-state index contributed by atoms with van der Waals surface area (Å²) in [7, 11) is -1.66. The summed E-state index contributed by atoms with van der Waals surface area (Å²) in [4.78, 5) is 11.5. The van der Waals surface area contributed by atoms with Crippen LogP contribution in [0.2, 0.25) is 5.02 Å². The molecule has 2 atom stereocenters. The topological polar surface area (TPSA) is 92.5 Å². The third-order valence-electron chi connectivity index (χ3n) is 6.08. The largest absolute Gasteiger partial charge is 0.326 e. The first kappa shape index (κ1) is 24.1. The molecule has 0 saturated carbocycles. The highest BCUT2D eigenvalue weighted by Crippen LogP contribution is 2.46. The van der Waals surface area contributed by atoms with Crippen LogP contribution in [-0.4, -0.2) is 51.8 Å². The Hall–Kier alpha value is -2.60. The van der Waals surface area contributed by atoms with Gasteiger partial charge < -0.3 is 4.90 Å². The number of amidine groups is 1. The van der Waals surface area contributed by atoms with Crippen LogP contribution < -0.4 is 4.72 Å². The van der Waals surface area contributed by atoms with Gasteiger partial charge in [0.15, 0.2) is 10.8 Å². The molecule has 0 bridgehead atoms. The summed E-state index contributed by atoms with van der Waals surface area (Å²) in [5.41, 5.74) is 3.05. The minimum atomic E-state index is -3.49. The molecule has 1 saturated heterocycles. The fourth-order valence-electron chi connectivity index (χ4n) is 4.37. The lowest BCUT2D eigenvalue weighted by Crippen LogP contribution is -2.41. The van der Waals surface area contributed by atoms with E-state index in [9.17, 15) is 12.8 Å². The zero-order valence-electron chi connectivity index (χ0n) is 19.3. The molecule has 3 aromatic rings. The summed E-state index contributed by atoms with van der Waals surface area (Å²) < 4.78 is 43.8. The molecule has 1 aromatic carbocycles. The third kappa shape index (κ3) is 4.53. The standard InChI is InChI=1S/C23H24ClFN6O2S2/c1-13(2)35(32,33)29-15-11-19-20(18-6-8-30(3)28-18)21(16-5-4-14(25)10-17(16)24)27-22(31(19)12-15)23-26-7-9-34-23/h4-10,13,15,21,29H,11-12H2,1-3H3/t15?,21-/m0/s1. The third-order valence-corrected chi connectivity index (χ3v) is 9.08. The number of aromatic nitrogens is 3. The van der Waals surface area contributed by atoms with E-state index in [-0.39, 0.29) is 11.1 Å². The molecule has 4 heterocycles. The number of nitrogens with zero attached hydrogens (tertiary/aromatic N) is 5. The second-order valence-corrected chi connectivity index (χ2v) is 12.4. The smallest absolute Gasteiger partial charge is 0.214 e. The summed E-state index contributed by atoms with van der Waals surface area (Å²) >= 11 is 7.96. The molecule has 184 valence electrons. The molecule has 12 heteroatoms. The first-order valence-corrected chi connectivity index (χ1v) is 13.9. The lowest BCUT2D eigenvalue weighted by Gasteiger charge is -2.32. The van der Waals surface area contributed by atoms with Crippen molar-refractivity contribution in [3.8, 4) is 0 Å². The highest BCUT2D eigenvalue weighted by Gasteiger charge is 2.42. The number of nitrogens with one attached hydrogen (secondary N) is 1. The highest BCUT2D eigenvalue weighted by molar-refractivity contribution is 7.90. The SMILES string of the molecule is CC(C)S(=O)(=O)NC1CC2=C(c3ccn(C)n3)[C@H](c3ccc(F)cc3Cl)N=C(c3nccs3)N2C1. The number of hydrogen-bond donors (Lipinski definition) is 1. The zero-order chi connectivity index (χ0) is 24.9. The summed E-state index contributed by atoms with van der Waals surface area (Å²) in [5.74, 6) is 0.197. The average Bonchev–Trinajstić information content (AvgIpc) is 3.53. The number of benzene rings is 1. The number of aliphatic imine (C=N–C) groups is 1. The maximum Gasteiger partial charge on any atom is 0.214 e.